The highest BCUT2D eigenvalue weighted by atomic mass is 16.1. The smallest absolute Gasteiger partial charge is 0.252 e. The lowest BCUT2D eigenvalue weighted by molar-refractivity contribution is 0.0939. The number of benzene rings is 2. The fourth-order valence-electron chi connectivity index (χ4n) is 4.23. The van der Waals surface area contributed by atoms with E-state index in [2.05, 4.69) is 34.3 Å². The number of nitrogens with one attached hydrogen (secondary N) is 1. The molecule has 1 aromatic heterocycles. The zero-order chi connectivity index (χ0) is 23.5. The number of nitrogens with zero attached hydrogens (tertiary/aromatic N) is 3. The molecule has 1 aliphatic rings. The van der Waals surface area contributed by atoms with E-state index < -0.39 is 0 Å². The van der Waals surface area contributed by atoms with Crippen LogP contribution in [-0.4, -0.2) is 48.6 Å². The second-order valence-corrected chi connectivity index (χ2v) is 8.98. The van der Waals surface area contributed by atoms with Crippen molar-refractivity contribution in [2.75, 3.05) is 38.1 Å². The van der Waals surface area contributed by atoms with E-state index in [1.54, 1.807) is 17.7 Å². The maximum Gasteiger partial charge on any atom is 0.252 e. The van der Waals surface area contributed by atoms with Gasteiger partial charge in [-0.15, -0.1) is 0 Å². The Morgan fingerprint density at radius 2 is 1.70 bits per heavy atom. The third-order valence-corrected chi connectivity index (χ3v) is 6.49. The van der Waals surface area contributed by atoms with E-state index in [4.69, 9.17) is 0 Å². The van der Waals surface area contributed by atoms with Gasteiger partial charge >= 0.3 is 0 Å². The summed E-state index contributed by atoms with van der Waals surface area (Å²) < 4.78 is 1.57. The van der Waals surface area contributed by atoms with Gasteiger partial charge < -0.3 is 19.7 Å². The summed E-state index contributed by atoms with van der Waals surface area (Å²) in [5.74, 6) is -0.0662. The summed E-state index contributed by atoms with van der Waals surface area (Å²) in [5.41, 5.74) is 5.74. The molecule has 6 nitrogen and oxygen atoms in total. The van der Waals surface area contributed by atoms with Crippen LogP contribution in [0.25, 0.3) is 11.1 Å². The molecule has 6 heteroatoms. The van der Waals surface area contributed by atoms with Crippen molar-refractivity contribution in [3.63, 3.8) is 0 Å². The minimum absolute atomic E-state index is 0.0373. The number of carbonyl (C=O) groups excluding carboxylic acids is 1. The van der Waals surface area contributed by atoms with Crippen LogP contribution in [-0.2, 0) is 7.05 Å². The van der Waals surface area contributed by atoms with Crippen molar-refractivity contribution in [3.8, 4) is 11.1 Å². The van der Waals surface area contributed by atoms with E-state index in [0.29, 0.717) is 5.56 Å². The van der Waals surface area contributed by atoms with Gasteiger partial charge in [0, 0.05) is 56.7 Å². The largest absolute Gasteiger partial charge is 0.369 e. The Kier molecular flexibility index (Phi) is 6.65. The predicted molar refractivity (Wildman–Crippen MR) is 134 cm³/mol. The van der Waals surface area contributed by atoms with Crippen molar-refractivity contribution >= 4 is 11.6 Å². The molecule has 0 spiro atoms. The first-order valence-corrected chi connectivity index (χ1v) is 11.4. The third-order valence-electron chi connectivity index (χ3n) is 6.49. The van der Waals surface area contributed by atoms with Crippen LogP contribution in [0, 0.1) is 6.92 Å². The van der Waals surface area contributed by atoms with Gasteiger partial charge in [-0.2, -0.15) is 0 Å². The van der Waals surface area contributed by atoms with E-state index in [9.17, 15) is 9.59 Å². The number of carbonyl (C=O) groups is 1. The standard InChI is InChI=1S/C27H32N4O2/c1-19-8-10-24(31-14-12-29(3)13-15-31)17-25(19)27(33)28-20(2)21-6-5-7-22(16-21)23-9-11-26(32)30(4)18-23/h5-11,16-18,20H,12-15H2,1-4H3,(H,28,33)/t20-/m1/s1. The van der Waals surface area contributed by atoms with Gasteiger partial charge in [-0.3, -0.25) is 9.59 Å². The zero-order valence-electron chi connectivity index (χ0n) is 19.8. The van der Waals surface area contributed by atoms with Gasteiger partial charge in [-0.05, 0) is 67.4 Å². The predicted octanol–water partition coefficient (Wildman–Crippen LogP) is 3.60. The molecule has 0 unspecified atom stereocenters. The first-order valence-electron chi connectivity index (χ1n) is 11.4. The van der Waals surface area contributed by atoms with E-state index in [-0.39, 0.29) is 17.5 Å². The van der Waals surface area contributed by atoms with Crippen molar-refractivity contribution < 1.29 is 4.79 Å². The second kappa shape index (κ2) is 9.63. The zero-order valence-corrected chi connectivity index (χ0v) is 19.8. The number of anilines is 1. The number of piperazine rings is 1. The fraction of sp³-hybridized carbons (Fsp3) is 0.333. The molecule has 2 aromatic carbocycles. The molecule has 1 fully saturated rings. The molecule has 3 aromatic rings. The van der Waals surface area contributed by atoms with Crippen LogP contribution in [0.1, 0.15) is 34.5 Å². The average Bonchev–Trinajstić information content (AvgIpc) is 2.81. The van der Waals surface area contributed by atoms with Gasteiger partial charge in [0.15, 0.2) is 0 Å². The Balaban J connectivity index is 1.51. The van der Waals surface area contributed by atoms with Crippen LogP contribution < -0.4 is 15.8 Å². The number of amides is 1. The first-order chi connectivity index (χ1) is 15.8. The number of rotatable bonds is 5. The van der Waals surface area contributed by atoms with Crippen molar-refractivity contribution in [2.24, 2.45) is 7.05 Å². The fourth-order valence-corrected chi connectivity index (χ4v) is 4.23. The molecule has 4 rings (SSSR count). The molecule has 1 N–H and O–H groups in total. The minimum atomic E-state index is -0.156. The molecule has 0 saturated carbocycles. The molecule has 1 atom stereocenters. The first kappa shape index (κ1) is 22.8. The molecule has 1 aliphatic heterocycles. The molecular weight excluding hydrogens is 412 g/mol. The van der Waals surface area contributed by atoms with Crippen LogP contribution in [0.15, 0.2) is 65.6 Å². The van der Waals surface area contributed by atoms with Gasteiger partial charge in [0.1, 0.15) is 0 Å². The lowest BCUT2D eigenvalue weighted by atomic mass is 10.0. The van der Waals surface area contributed by atoms with Crippen molar-refractivity contribution in [3.05, 3.63) is 87.8 Å². The minimum Gasteiger partial charge on any atom is -0.369 e. The van der Waals surface area contributed by atoms with Gasteiger partial charge in [0.05, 0.1) is 6.04 Å². The molecule has 172 valence electrons. The quantitative estimate of drug-likeness (QED) is 0.653. The second-order valence-electron chi connectivity index (χ2n) is 8.98. The van der Waals surface area contributed by atoms with Crippen LogP contribution >= 0.6 is 0 Å². The molecule has 2 heterocycles. The lowest BCUT2D eigenvalue weighted by Crippen LogP contribution is -2.44. The van der Waals surface area contributed by atoms with Crippen molar-refractivity contribution in [1.29, 1.82) is 0 Å². The molecular formula is C27H32N4O2. The summed E-state index contributed by atoms with van der Waals surface area (Å²) in [4.78, 5) is 29.6. The number of aromatic nitrogens is 1. The van der Waals surface area contributed by atoms with Gasteiger partial charge in [0.25, 0.3) is 5.91 Å². The normalized spacial score (nSPS) is 15.3. The van der Waals surface area contributed by atoms with Gasteiger partial charge in [-0.1, -0.05) is 24.3 Å². The summed E-state index contributed by atoms with van der Waals surface area (Å²) in [6.07, 6.45) is 1.83. The van der Waals surface area contributed by atoms with Gasteiger partial charge in [-0.25, -0.2) is 0 Å². The summed E-state index contributed by atoms with van der Waals surface area (Å²) in [6, 6.07) is 17.5. The summed E-state index contributed by atoms with van der Waals surface area (Å²) in [6.45, 7) is 7.96. The Bertz CT molecular complexity index is 1210. The number of hydrogen-bond donors (Lipinski definition) is 1. The Labute approximate surface area is 195 Å². The monoisotopic (exact) mass is 444 g/mol. The highest BCUT2D eigenvalue weighted by Gasteiger charge is 2.18. The maximum absolute atomic E-state index is 13.2. The topological polar surface area (TPSA) is 57.6 Å². The van der Waals surface area contributed by atoms with Crippen LogP contribution in [0.3, 0.4) is 0 Å². The number of aryl methyl sites for hydroxylation is 2. The van der Waals surface area contributed by atoms with E-state index in [1.165, 1.54) is 0 Å². The van der Waals surface area contributed by atoms with Gasteiger partial charge in [0.2, 0.25) is 5.56 Å². The molecule has 0 radical (unpaired) electrons. The number of likely N-dealkylation sites (N-methyl/N-ethyl adjacent to an activating group) is 1. The lowest BCUT2D eigenvalue weighted by Gasteiger charge is -2.34. The van der Waals surface area contributed by atoms with E-state index in [0.717, 1.165) is 54.1 Å². The maximum atomic E-state index is 13.2. The summed E-state index contributed by atoms with van der Waals surface area (Å²) in [5, 5.41) is 3.17. The Morgan fingerprint density at radius 1 is 0.939 bits per heavy atom. The number of hydrogen-bond acceptors (Lipinski definition) is 4. The molecule has 1 amide bonds. The Hall–Kier alpha value is -3.38. The summed E-state index contributed by atoms with van der Waals surface area (Å²) in [7, 11) is 3.89. The average molecular weight is 445 g/mol. The molecule has 0 aliphatic carbocycles. The third kappa shape index (κ3) is 5.17. The number of pyridine rings is 1. The van der Waals surface area contributed by atoms with E-state index in [1.807, 2.05) is 56.4 Å². The summed E-state index contributed by atoms with van der Waals surface area (Å²) >= 11 is 0. The van der Waals surface area contributed by atoms with Crippen LogP contribution in [0.2, 0.25) is 0 Å². The Morgan fingerprint density at radius 3 is 2.42 bits per heavy atom. The highest BCUT2D eigenvalue weighted by molar-refractivity contribution is 5.96. The molecule has 1 saturated heterocycles. The van der Waals surface area contributed by atoms with Crippen LogP contribution in [0.5, 0.6) is 0 Å². The SMILES string of the molecule is Cc1ccc(N2CCN(C)CC2)cc1C(=O)N[C@H](C)c1cccc(-c2ccc(=O)n(C)c2)c1. The molecule has 0 bridgehead atoms. The molecule has 33 heavy (non-hydrogen) atoms. The highest BCUT2D eigenvalue weighted by Crippen LogP contribution is 2.24. The van der Waals surface area contributed by atoms with Crippen molar-refractivity contribution in [1.82, 2.24) is 14.8 Å². The van der Waals surface area contributed by atoms with Crippen LogP contribution in [0.4, 0.5) is 5.69 Å². The van der Waals surface area contributed by atoms with Crippen molar-refractivity contribution in [2.45, 2.75) is 19.9 Å². The van der Waals surface area contributed by atoms with E-state index >= 15 is 0 Å².